The minimum absolute atomic E-state index is 0.750. The molecule has 17 heavy (non-hydrogen) atoms. The molecule has 0 atom stereocenters. The minimum Gasteiger partial charge on any atom is -0.385 e. The Morgan fingerprint density at radius 3 is 2.82 bits per heavy atom. The molecule has 0 amide bonds. The number of aryl methyl sites for hydroxylation is 1. The number of hydrogen-bond donors (Lipinski definition) is 1. The lowest BCUT2D eigenvalue weighted by molar-refractivity contribution is 0.580. The highest BCUT2D eigenvalue weighted by Crippen LogP contribution is 2.25. The maximum absolute atomic E-state index is 5.72. The van der Waals surface area contributed by atoms with Crippen LogP contribution in [0.1, 0.15) is 37.7 Å². The van der Waals surface area contributed by atoms with E-state index in [0.29, 0.717) is 0 Å². The predicted octanol–water partition coefficient (Wildman–Crippen LogP) is 4.46. The molecule has 1 N–H and O–H groups in total. The lowest BCUT2D eigenvalue weighted by Crippen LogP contribution is -2.10. The van der Waals surface area contributed by atoms with Crippen LogP contribution >= 0.6 is 11.6 Å². The van der Waals surface area contributed by atoms with Crippen molar-refractivity contribution in [1.82, 2.24) is 0 Å². The fourth-order valence-electron chi connectivity index (χ4n) is 2.58. The molecular formula is C15H22ClN. The summed E-state index contributed by atoms with van der Waals surface area (Å²) in [5.74, 6) is 1.64. The Kier molecular flexibility index (Phi) is 5.18. The van der Waals surface area contributed by atoms with Gasteiger partial charge in [-0.25, -0.2) is 0 Å². The summed E-state index contributed by atoms with van der Waals surface area (Å²) in [6.45, 7) is 1.14. The van der Waals surface area contributed by atoms with Gasteiger partial charge in [0.25, 0.3) is 0 Å². The smallest absolute Gasteiger partial charge is 0.0343 e. The fourth-order valence-corrected chi connectivity index (χ4v) is 2.72. The summed E-state index contributed by atoms with van der Waals surface area (Å²) < 4.78 is 0. The molecule has 2 rings (SSSR count). The maximum Gasteiger partial charge on any atom is 0.0343 e. The number of halogens is 1. The van der Waals surface area contributed by atoms with Crippen molar-refractivity contribution in [3.05, 3.63) is 29.8 Å². The first kappa shape index (κ1) is 12.8. The van der Waals surface area contributed by atoms with Crippen LogP contribution in [0, 0.1) is 5.92 Å². The molecule has 1 aromatic rings. The number of hydrogen-bond acceptors (Lipinski definition) is 1. The van der Waals surface area contributed by atoms with Gasteiger partial charge in [-0.2, -0.15) is 0 Å². The molecular weight excluding hydrogens is 230 g/mol. The third kappa shape index (κ3) is 4.23. The lowest BCUT2D eigenvalue weighted by atomic mass is 10.1. The molecule has 2 heteroatoms. The highest BCUT2D eigenvalue weighted by atomic mass is 35.5. The van der Waals surface area contributed by atoms with Crippen LogP contribution in [-0.4, -0.2) is 12.4 Å². The number of alkyl halides is 1. The Labute approximate surface area is 110 Å². The van der Waals surface area contributed by atoms with Gasteiger partial charge in [-0.15, -0.1) is 11.6 Å². The summed E-state index contributed by atoms with van der Waals surface area (Å²) >= 11 is 5.72. The molecule has 94 valence electrons. The van der Waals surface area contributed by atoms with Crippen molar-refractivity contribution >= 4 is 17.3 Å². The molecule has 1 saturated carbocycles. The third-order valence-corrected chi connectivity index (χ3v) is 3.86. The van der Waals surface area contributed by atoms with Gasteiger partial charge in [0, 0.05) is 18.1 Å². The summed E-state index contributed by atoms with van der Waals surface area (Å²) in [5.41, 5.74) is 2.66. The summed E-state index contributed by atoms with van der Waals surface area (Å²) in [5, 5.41) is 3.57. The largest absolute Gasteiger partial charge is 0.385 e. The molecule has 0 saturated heterocycles. The van der Waals surface area contributed by atoms with Crippen molar-refractivity contribution in [2.45, 2.75) is 38.5 Å². The lowest BCUT2D eigenvalue weighted by Gasteiger charge is -2.12. The predicted molar refractivity (Wildman–Crippen MR) is 75.9 cm³/mol. The number of rotatable bonds is 6. The first-order valence-corrected chi connectivity index (χ1v) is 7.31. The molecule has 0 unspecified atom stereocenters. The Balaban J connectivity index is 1.82. The molecule has 1 fully saturated rings. The van der Waals surface area contributed by atoms with Gasteiger partial charge in [0.2, 0.25) is 0 Å². The van der Waals surface area contributed by atoms with Crippen LogP contribution in [0.3, 0.4) is 0 Å². The van der Waals surface area contributed by atoms with E-state index in [0.717, 1.165) is 31.2 Å². The van der Waals surface area contributed by atoms with Crippen molar-refractivity contribution in [2.75, 3.05) is 17.7 Å². The van der Waals surface area contributed by atoms with Gasteiger partial charge in [0.15, 0.2) is 0 Å². The van der Waals surface area contributed by atoms with Gasteiger partial charge in [-0.3, -0.25) is 0 Å². The van der Waals surface area contributed by atoms with Gasteiger partial charge < -0.3 is 5.32 Å². The van der Waals surface area contributed by atoms with Crippen molar-refractivity contribution in [2.24, 2.45) is 5.92 Å². The first-order valence-electron chi connectivity index (χ1n) is 6.77. The molecule has 0 spiro atoms. The maximum atomic E-state index is 5.72. The van der Waals surface area contributed by atoms with Crippen LogP contribution in [0.15, 0.2) is 24.3 Å². The Morgan fingerprint density at radius 1 is 1.24 bits per heavy atom. The van der Waals surface area contributed by atoms with Crippen LogP contribution in [-0.2, 0) is 6.42 Å². The van der Waals surface area contributed by atoms with E-state index in [9.17, 15) is 0 Å². The normalized spacial score (nSPS) is 16.3. The van der Waals surface area contributed by atoms with Crippen LogP contribution < -0.4 is 5.32 Å². The van der Waals surface area contributed by atoms with Gasteiger partial charge in [-0.05, 0) is 49.3 Å². The first-order chi connectivity index (χ1) is 8.38. The SMILES string of the molecule is ClCCCc1cccc(NCC2CCCC2)c1. The van der Waals surface area contributed by atoms with Crippen LogP contribution in [0.5, 0.6) is 0 Å². The summed E-state index contributed by atoms with van der Waals surface area (Å²) in [4.78, 5) is 0. The second-order valence-electron chi connectivity index (χ2n) is 5.02. The monoisotopic (exact) mass is 251 g/mol. The topological polar surface area (TPSA) is 12.0 Å². The molecule has 1 aromatic carbocycles. The van der Waals surface area contributed by atoms with Gasteiger partial charge >= 0.3 is 0 Å². The zero-order valence-corrected chi connectivity index (χ0v) is 11.2. The molecule has 1 nitrogen and oxygen atoms in total. The van der Waals surface area contributed by atoms with Crippen molar-refractivity contribution < 1.29 is 0 Å². The average Bonchev–Trinajstić information content (AvgIpc) is 2.87. The van der Waals surface area contributed by atoms with E-state index in [1.807, 2.05) is 0 Å². The Morgan fingerprint density at radius 2 is 2.06 bits per heavy atom. The molecule has 1 aliphatic carbocycles. The van der Waals surface area contributed by atoms with Crippen molar-refractivity contribution in [3.63, 3.8) is 0 Å². The van der Waals surface area contributed by atoms with E-state index in [4.69, 9.17) is 11.6 Å². The second-order valence-corrected chi connectivity index (χ2v) is 5.40. The second kappa shape index (κ2) is 6.90. The van der Waals surface area contributed by atoms with E-state index in [-0.39, 0.29) is 0 Å². The van der Waals surface area contributed by atoms with Gasteiger partial charge in [0.1, 0.15) is 0 Å². The molecule has 0 aromatic heterocycles. The van der Waals surface area contributed by atoms with E-state index >= 15 is 0 Å². The Bertz CT molecular complexity index is 331. The van der Waals surface area contributed by atoms with Crippen molar-refractivity contribution in [1.29, 1.82) is 0 Å². The number of nitrogens with one attached hydrogen (secondary N) is 1. The minimum atomic E-state index is 0.750. The average molecular weight is 252 g/mol. The molecule has 0 bridgehead atoms. The molecule has 0 radical (unpaired) electrons. The Hall–Kier alpha value is -0.690. The van der Waals surface area contributed by atoms with E-state index < -0.39 is 0 Å². The zero-order valence-electron chi connectivity index (χ0n) is 10.4. The molecule has 1 aliphatic rings. The zero-order chi connectivity index (χ0) is 11.9. The standard InChI is InChI=1S/C15H22ClN/c16-10-4-8-13-7-3-9-15(11-13)17-12-14-5-1-2-6-14/h3,7,9,11,14,17H,1-2,4-6,8,10,12H2. The van der Waals surface area contributed by atoms with Gasteiger partial charge in [-0.1, -0.05) is 25.0 Å². The van der Waals surface area contributed by atoms with Crippen molar-refractivity contribution in [3.8, 4) is 0 Å². The quantitative estimate of drug-likeness (QED) is 0.736. The van der Waals surface area contributed by atoms with Crippen LogP contribution in [0.4, 0.5) is 5.69 Å². The molecule has 0 heterocycles. The summed E-state index contributed by atoms with van der Waals surface area (Å²) in [7, 11) is 0. The highest BCUT2D eigenvalue weighted by molar-refractivity contribution is 6.17. The molecule has 0 aliphatic heterocycles. The number of benzene rings is 1. The van der Waals surface area contributed by atoms with E-state index in [1.54, 1.807) is 0 Å². The van der Waals surface area contributed by atoms with Crippen LogP contribution in [0.2, 0.25) is 0 Å². The van der Waals surface area contributed by atoms with E-state index in [2.05, 4.69) is 29.6 Å². The number of anilines is 1. The fraction of sp³-hybridized carbons (Fsp3) is 0.600. The summed E-state index contributed by atoms with van der Waals surface area (Å²) in [6.07, 6.45) is 7.79. The van der Waals surface area contributed by atoms with Gasteiger partial charge in [0.05, 0.1) is 0 Å². The summed E-state index contributed by atoms with van der Waals surface area (Å²) in [6, 6.07) is 8.76. The van der Waals surface area contributed by atoms with Crippen LogP contribution in [0.25, 0.3) is 0 Å². The highest BCUT2D eigenvalue weighted by Gasteiger charge is 2.14. The third-order valence-electron chi connectivity index (χ3n) is 3.60. The van der Waals surface area contributed by atoms with E-state index in [1.165, 1.54) is 36.9 Å².